The summed E-state index contributed by atoms with van der Waals surface area (Å²) in [4.78, 5) is 39.8. The molecular formula is C25H21NO4. The molecule has 7 rings (SSSR count). The van der Waals surface area contributed by atoms with Gasteiger partial charge >= 0.3 is 5.97 Å². The molecule has 6 atom stereocenters. The summed E-state index contributed by atoms with van der Waals surface area (Å²) in [5, 5.41) is 0. The van der Waals surface area contributed by atoms with Gasteiger partial charge in [-0.2, -0.15) is 0 Å². The van der Waals surface area contributed by atoms with Gasteiger partial charge in [0.15, 0.2) is 0 Å². The zero-order valence-electron chi connectivity index (χ0n) is 16.3. The van der Waals surface area contributed by atoms with Crippen molar-refractivity contribution in [2.75, 3.05) is 4.90 Å². The Hall–Kier alpha value is -3.21. The summed E-state index contributed by atoms with van der Waals surface area (Å²) in [6, 6.07) is 16.1. The van der Waals surface area contributed by atoms with Gasteiger partial charge in [0, 0.05) is 0 Å². The molecular weight excluding hydrogens is 378 g/mol. The molecule has 30 heavy (non-hydrogen) atoms. The quantitative estimate of drug-likeness (QED) is 0.342. The van der Waals surface area contributed by atoms with E-state index in [1.165, 1.54) is 4.90 Å². The number of carbonyl (C=O) groups excluding carboxylic acids is 3. The number of rotatable bonds is 4. The monoisotopic (exact) mass is 399 g/mol. The maximum Gasteiger partial charge on any atom is 0.315 e. The standard InChI is InChI=1S/C25H21NO4/c27-21(12-14-4-2-1-3-5-14)30-16-8-6-15(7-9-16)26-24(28)22-17-10-11-18(20-13-19(17)20)23(22)25(26)29/h1-11,17-20,22-23H,12-13H2/t17-,18+,19-,20-,22+,23+/m1/s1. The van der Waals surface area contributed by atoms with Gasteiger partial charge < -0.3 is 4.74 Å². The van der Waals surface area contributed by atoms with Gasteiger partial charge in [0.05, 0.1) is 23.9 Å². The van der Waals surface area contributed by atoms with E-state index in [9.17, 15) is 14.4 Å². The molecule has 1 heterocycles. The van der Waals surface area contributed by atoms with Crippen LogP contribution in [0, 0.1) is 35.5 Å². The molecule has 0 unspecified atom stereocenters. The molecule has 0 radical (unpaired) electrons. The molecule has 4 aliphatic carbocycles. The van der Waals surface area contributed by atoms with Crippen molar-refractivity contribution < 1.29 is 19.1 Å². The molecule has 2 aromatic carbocycles. The van der Waals surface area contributed by atoms with Crippen LogP contribution in [0.3, 0.4) is 0 Å². The van der Waals surface area contributed by atoms with Gasteiger partial charge in [-0.3, -0.25) is 19.3 Å². The van der Waals surface area contributed by atoms with Gasteiger partial charge in [-0.25, -0.2) is 0 Å². The van der Waals surface area contributed by atoms with E-state index in [-0.39, 0.29) is 47.9 Å². The number of allylic oxidation sites excluding steroid dienone is 2. The van der Waals surface area contributed by atoms with Gasteiger partial charge in [-0.05, 0) is 59.9 Å². The Bertz CT molecular complexity index is 1040. The summed E-state index contributed by atoms with van der Waals surface area (Å²) in [7, 11) is 0. The minimum absolute atomic E-state index is 0.0801. The van der Waals surface area contributed by atoms with E-state index in [2.05, 4.69) is 12.2 Å². The van der Waals surface area contributed by atoms with Gasteiger partial charge in [0.1, 0.15) is 5.75 Å². The number of benzene rings is 2. The SMILES string of the molecule is O=C(Cc1ccccc1)Oc1ccc(N2C(=O)[C@H]3[C@@H]4C=C[C@@H]([C@H]5C[C@H]45)[C@@H]3C2=O)cc1. The summed E-state index contributed by atoms with van der Waals surface area (Å²) < 4.78 is 5.41. The van der Waals surface area contributed by atoms with Crippen LogP contribution in [0.5, 0.6) is 5.75 Å². The third-order valence-corrected chi connectivity index (χ3v) is 7.18. The fraction of sp³-hybridized carbons (Fsp3) is 0.320. The molecule has 5 nitrogen and oxygen atoms in total. The van der Waals surface area contributed by atoms with Crippen molar-refractivity contribution >= 4 is 23.5 Å². The van der Waals surface area contributed by atoms with Crippen LogP contribution in [0.25, 0.3) is 0 Å². The predicted octanol–water partition coefficient (Wildman–Crippen LogP) is 3.39. The highest BCUT2D eigenvalue weighted by Gasteiger charge is 2.67. The van der Waals surface area contributed by atoms with Gasteiger partial charge in [0.25, 0.3) is 0 Å². The summed E-state index contributed by atoms with van der Waals surface area (Å²) in [5.41, 5.74) is 1.44. The Morgan fingerprint density at radius 1 is 0.867 bits per heavy atom. The fourth-order valence-electron chi connectivity index (χ4n) is 5.80. The highest BCUT2D eigenvalue weighted by Crippen LogP contribution is 2.65. The molecule has 5 aliphatic rings. The molecule has 0 spiro atoms. The number of amides is 2. The van der Waals surface area contributed by atoms with Crippen LogP contribution >= 0.6 is 0 Å². The number of hydrogen-bond acceptors (Lipinski definition) is 4. The fourth-order valence-corrected chi connectivity index (χ4v) is 5.80. The van der Waals surface area contributed by atoms with E-state index in [1.807, 2.05) is 30.3 Å². The average molecular weight is 399 g/mol. The van der Waals surface area contributed by atoms with Crippen LogP contribution in [0.1, 0.15) is 12.0 Å². The van der Waals surface area contributed by atoms with E-state index in [4.69, 9.17) is 4.74 Å². The number of nitrogens with zero attached hydrogens (tertiary/aromatic N) is 1. The Morgan fingerprint density at radius 2 is 1.47 bits per heavy atom. The highest BCUT2D eigenvalue weighted by molar-refractivity contribution is 6.22. The molecule has 5 heteroatoms. The van der Waals surface area contributed by atoms with Crippen molar-refractivity contribution in [2.45, 2.75) is 12.8 Å². The highest BCUT2D eigenvalue weighted by atomic mass is 16.5. The normalized spacial score (nSPS) is 32.7. The first-order chi connectivity index (χ1) is 14.6. The van der Waals surface area contributed by atoms with Gasteiger partial charge in [0.2, 0.25) is 11.8 Å². The first kappa shape index (κ1) is 17.6. The van der Waals surface area contributed by atoms with Crippen molar-refractivity contribution in [1.82, 2.24) is 0 Å². The lowest BCUT2D eigenvalue weighted by Crippen LogP contribution is -2.40. The lowest BCUT2D eigenvalue weighted by Gasteiger charge is -2.37. The Labute approximate surface area is 174 Å². The van der Waals surface area contributed by atoms with Gasteiger partial charge in [-0.1, -0.05) is 42.5 Å². The number of imide groups is 1. The topological polar surface area (TPSA) is 63.7 Å². The second kappa shape index (κ2) is 6.39. The number of esters is 1. The van der Waals surface area contributed by atoms with Crippen LogP contribution in [0.4, 0.5) is 5.69 Å². The lowest BCUT2D eigenvalue weighted by molar-refractivity contribution is -0.133. The Balaban J connectivity index is 1.18. The maximum atomic E-state index is 13.2. The maximum absolute atomic E-state index is 13.2. The lowest BCUT2D eigenvalue weighted by atomic mass is 9.63. The second-order valence-electron chi connectivity index (χ2n) is 8.80. The first-order valence-corrected chi connectivity index (χ1v) is 10.5. The summed E-state index contributed by atoms with van der Waals surface area (Å²) in [5.74, 6) is 1.07. The van der Waals surface area contributed by atoms with E-state index < -0.39 is 0 Å². The molecule has 0 N–H and O–H groups in total. The van der Waals surface area contributed by atoms with Crippen molar-refractivity contribution in [2.24, 2.45) is 35.5 Å². The van der Waals surface area contributed by atoms with Crippen LogP contribution in [-0.2, 0) is 20.8 Å². The average Bonchev–Trinajstić information content (AvgIpc) is 3.53. The summed E-state index contributed by atoms with van der Waals surface area (Å²) in [6.45, 7) is 0. The van der Waals surface area contributed by atoms with Crippen LogP contribution in [0.2, 0.25) is 0 Å². The van der Waals surface area contributed by atoms with Crippen molar-refractivity contribution in [3.05, 3.63) is 72.3 Å². The zero-order chi connectivity index (χ0) is 20.4. The third kappa shape index (κ3) is 2.58. The van der Waals surface area contributed by atoms with Gasteiger partial charge in [-0.15, -0.1) is 0 Å². The molecule has 2 aromatic rings. The second-order valence-corrected chi connectivity index (χ2v) is 8.80. The van der Waals surface area contributed by atoms with Crippen LogP contribution in [-0.4, -0.2) is 17.8 Å². The van der Waals surface area contributed by atoms with Crippen molar-refractivity contribution in [1.29, 1.82) is 0 Å². The molecule has 2 bridgehead atoms. The van der Waals surface area contributed by atoms with Crippen LogP contribution < -0.4 is 9.64 Å². The zero-order valence-corrected chi connectivity index (χ0v) is 16.3. The van der Waals surface area contributed by atoms with E-state index in [0.717, 1.165) is 12.0 Å². The third-order valence-electron chi connectivity index (χ3n) is 7.18. The molecule has 1 saturated heterocycles. The van der Waals surface area contributed by atoms with E-state index in [0.29, 0.717) is 23.3 Å². The first-order valence-electron chi connectivity index (χ1n) is 10.5. The summed E-state index contributed by atoms with van der Waals surface area (Å²) in [6.07, 6.45) is 5.68. The predicted molar refractivity (Wildman–Crippen MR) is 109 cm³/mol. The smallest absolute Gasteiger partial charge is 0.315 e. The molecule has 2 amide bonds. The number of carbonyl (C=O) groups is 3. The summed E-state index contributed by atoms with van der Waals surface area (Å²) >= 11 is 0. The van der Waals surface area contributed by atoms with Crippen molar-refractivity contribution in [3.63, 3.8) is 0 Å². The Morgan fingerprint density at radius 3 is 2.07 bits per heavy atom. The molecule has 1 aliphatic heterocycles. The molecule has 150 valence electrons. The van der Waals surface area contributed by atoms with Crippen molar-refractivity contribution in [3.8, 4) is 5.75 Å². The van der Waals surface area contributed by atoms with E-state index >= 15 is 0 Å². The van der Waals surface area contributed by atoms with Crippen LogP contribution in [0.15, 0.2) is 66.7 Å². The minimum atomic E-state index is -0.352. The van der Waals surface area contributed by atoms with E-state index in [1.54, 1.807) is 24.3 Å². The molecule has 0 aromatic heterocycles. The molecule has 3 fully saturated rings. The number of anilines is 1. The minimum Gasteiger partial charge on any atom is -0.426 e. The molecule has 2 saturated carbocycles. The number of hydrogen-bond donors (Lipinski definition) is 0. The number of ether oxygens (including phenoxy) is 1. The Kier molecular flexibility index (Phi) is 3.76. The largest absolute Gasteiger partial charge is 0.426 e.